The number of benzene rings is 1. The normalized spacial score (nSPS) is 13.4. The molecule has 0 spiro atoms. The molecule has 0 saturated heterocycles. The van der Waals surface area contributed by atoms with Gasteiger partial charge < -0.3 is 14.4 Å². The number of carbonyl (C=O) groups excluding carboxylic acids is 1. The van der Waals surface area contributed by atoms with Gasteiger partial charge in [0.1, 0.15) is 11.4 Å². The number of amides is 1. The SMILES string of the molecule is COc1ccc(CN2Cc3[nH]nc(-c4cccnc4OC)c3CC2=O)cc1. The lowest BCUT2D eigenvalue weighted by Crippen LogP contribution is -2.35. The van der Waals surface area contributed by atoms with E-state index in [4.69, 9.17) is 9.47 Å². The number of H-pyrrole nitrogens is 1. The van der Waals surface area contributed by atoms with Crippen molar-refractivity contribution in [1.82, 2.24) is 20.1 Å². The molecular formula is C20H20N4O3. The fourth-order valence-corrected chi connectivity index (χ4v) is 3.32. The number of aromatic amines is 1. The zero-order valence-electron chi connectivity index (χ0n) is 15.2. The maximum Gasteiger partial charge on any atom is 0.227 e. The van der Waals surface area contributed by atoms with Gasteiger partial charge in [0.2, 0.25) is 11.8 Å². The van der Waals surface area contributed by atoms with Crippen molar-refractivity contribution >= 4 is 5.91 Å². The lowest BCUT2D eigenvalue weighted by atomic mass is 9.99. The van der Waals surface area contributed by atoms with Crippen LogP contribution < -0.4 is 9.47 Å². The molecule has 1 aromatic carbocycles. The summed E-state index contributed by atoms with van der Waals surface area (Å²) in [4.78, 5) is 18.8. The Hall–Kier alpha value is -3.35. The number of methoxy groups -OCH3 is 2. The molecule has 0 saturated carbocycles. The highest BCUT2D eigenvalue weighted by Gasteiger charge is 2.29. The molecule has 138 valence electrons. The summed E-state index contributed by atoms with van der Waals surface area (Å²) in [7, 11) is 3.21. The quantitative estimate of drug-likeness (QED) is 0.753. The third-order valence-electron chi connectivity index (χ3n) is 4.73. The van der Waals surface area contributed by atoms with E-state index in [9.17, 15) is 4.79 Å². The first kappa shape index (κ1) is 17.1. The van der Waals surface area contributed by atoms with Crippen molar-refractivity contribution < 1.29 is 14.3 Å². The van der Waals surface area contributed by atoms with Crippen LogP contribution in [0.4, 0.5) is 0 Å². The summed E-state index contributed by atoms with van der Waals surface area (Å²) in [6.07, 6.45) is 1.97. The summed E-state index contributed by atoms with van der Waals surface area (Å²) in [5, 5.41) is 7.52. The van der Waals surface area contributed by atoms with E-state index in [0.29, 0.717) is 25.4 Å². The van der Waals surface area contributed by atoms with Crippen molar-refractivity contribution in [3.63, 3.8) is 0 Å². The Morgan fingerprint density at radius 3 is 2.70 bits per heavy atom. The van der Waals surface area contributed by atoms with Crippen molar-refractivity contribution in [2.24, 2.45) is 0 Å². The van der Waals surface area contributed by atoms with Crippen molar-refractivity contribution in [3.8, 4) is 22.9 Å². The van der Waals surface area contributed by atoms with Gasteiger partial charge in [-0.25, -0.2) is 4.98 Å². The maximum atomic E-state index is 12.7. The second-order valence-electron chi connectivity index (χ2n) is 6.36. The van der Waals surface area contributed by atoms with Crippen LogP contribution in [0.2, 0.25) is 0 Å². The molecule has 0 aliphatic carbocycles. The number of pyridine rings is 1. The number of hydrogen-bond acceptors (Lipinski definition) is 5. The van der Waals surface area contributed by atoms with Crippen molar-refractivity contribution in [3.05, 3.63) is 59.4 Å². The molecule has 1 N–H and O–H groups in total. The van der Waals surface area contributed by atoms with Crippen molar-refractivity contribution in [1.29, 1.82) is 0 Å². The first-order valence-electron chi connectivity index (χ1n) is 8.65. The Bertz CT molecular complexity index is 966. The van der Waals surface area contributed by atoms with Crippen LogP contribution in [0.25, 0.3) is 11.3 Å². The summed E-state index contributed by atoms with van der Waals surface area (Å²) in [5.41, 5.74) is 4.43. The fraction of sp³-hybridized carbons (Fsp3) is 0.250. The Labute approximate surface area is 156 Å². The molecule has 7 nitrogen and oxygen atoms in total. The van der Waals surface area contributed by atoms with Crippen LogP contribution in [-0.4, -0.2) is 40.2 Å². The Morgan fingerprint density at radius 1 is 1.15 bits per heavy atom. The topological polar surface area (TPSA) is 80.3 Å². The van der Waals surface area contributed by atoms with Gasteiger partial charge in [0.15, 0.2) is 0 Å². The van der Waals surface area contributed by atoms with Crippen LogP contribution in [0.15, 0.2) is 42.6 Å². The maximum absolute atomic E-state index is 12.7. The molecule has 3 heterocycles. The van der Waals surface area contributed by atoms with Gasteiger partial charge in [-0.2, -0.15) is 5.10 Å². The summed E-state index contributed by atoms with van der Waals surface area (Å²) < 4.78 is 10.5. The van der Waals surface area contributed by atoms with E-state index in [0.717, 1.165) is 33.8 Å². The number of nitrogens with one attached hydrogen (secondary N) is 1. The predicted molar refractivity (Wildman–Crippen MR) is 99.3 cm³/mol. The van der Waals surface area contributed by atoms with Gasteiger partial charge in [-0.05, 0) is 29.8 Å². The third kappa shape index (κ3) is 3.23. The number of hydrogen-bond donors (Lipinski definition) is 1. The first-order chi connectivity index (χ1) is 13.2. The van der Waals surface area contributed by atoms with Gasteiger partial charge in [-0.1, -0.05) is 12.1 Å². The number of rotatable bonds is 5. The van der Waals surface area contributed by atoms with Gasteiger partial charge in [-0.15, -0.1) is 0 Å². The van der Waals surface area contributed by atoms with E-state index in [-0.39, 0.29) is 5.91 Å². The van der Waals surface area contributed by atoms with Gasteiger partial charge >= 0.3 is 0 Å². The Morgan fingerprint density at radius 2 is 1.96 bits per heavy atom. The number of ether oxygens (including phenoxy) is 2. The summed E-state index contributed by atoms with van der Waals surface area (Å²) in [6, 6.07) is 11.5. The number of fused-ring (bicyclic) bond motifs is 1. The smallest absolute Gasteiger partial charge is 0.227 e. The molecule has 1 aliphatic heterocycles. The van der Waals surface area contributed by atoms with Crippen molar-refractivity contribution in [2.75, 3.05) is 14.2 Å². The molecule has 0 radical (unpaired) electrons. The predicted octanol–water partition coefficient (Wildman–Crippen LogP) is 2.57. The van der Waals surface area contributed by atoms with Gasteiger partial charge in [0.25, 0.3) is 0 Å². The molecule has 0 bridgehead atoms. The molecule has 7 heteroatoms. The van der Waals surface area contributed by atoms with E-state index >= 15 is 0 Å². The van der Waals surface area contributed by atoms with E-state index in [1.165, 1.54) is 0 Å². The highest BCUT2D eigenvalue weighted by atomic mass is 16.5. The second-order valence-corrected chi connectivity index (χ2v) is 6.36. The van der Waals surface area contributed by atoms with Crippen LogP contribution in [0.3, 0.4) is 0 Å². The van der Waals surface area contributed by atoms with Crippen LogP contribution in [0, 0.1) is 0 Å². The lowest BCUT2D eigenvalue weighted by molar-refractivity contribution is -0.132. The highest BCUT2D eigenvalue weighted by molar-refractivity contribution is 5.84. The molecular weight excluding hydrogens is 344 g/mol. The number of nitrogens with zero attached hydrogens (tertiary/aromatic N) is 3. The molecule has 3 aromatic rings. The van der Waals surface area contributed by atoms with Gasteiger partial charge in [0, 0.05) is 18.3 Å². The molecule has 2 aromatic heterocycles. The average Bonchev–Trinajstić information content (AvgIpc) is 3.11. The first-order valence-corrected chi connectivity index (χ1v) is 8.65. The molecule has 0 atom stereocenters. The largest absolute Gasteiger partial charge is 0.497 e. The summed E-state index contributed by atoms with van der Waals surface area (Å²) >= 11 is 0. The molecule has 1 aliphatic rings. The summed E-state index contributed by atoms with van der Waals surface area (Å²) in [6.45, 7) is 1.04. The van der Waals surface area contributed by atoms with Crippen LogP contribution in [-0.2, 0) is 24.3 Å². The molecule has 0 fully saturated rings. The molecule has 27 heavy (non-hydrogen) atoms. The minimum atomic E-state index is 0.0730. The number of carbonyl (C=O) groups is 1. The highest BCUT2D eigenvalue weighted by Crippen LogP contribution is 2.33. The zero-order chi connectivity index (χ0) is 18.8. The zero-order valence-corrected chi connectivity index (χ0v) is 15.2. The third-order valence-corrected chi connectivity index (χ3v) is 4.73. The van der Waals surface area contributed by atoms with Gasteiger partial charge in [-0.3, -0.25) is 9.89 Å². The molecule has 1 amide bonds. The summed E-state index contributed by atoms with van der Waals surface area (Å²) in [5.74, 6) is 1.37. The van der Waals surface area contributed by atoms with Crippen molar-refractivity contribution in [2.45, 2.75) is 19.5 Å². The minimum Gasteiger partial charge on any atom is -0.497 e. The average molecular weight is 364 g/mol. The standard InChI is InChI=1S/C20H20N4O3/c1-26-14-7-5-13(6-8-14)11-24-12-17-16(10-18(24)25)19(23-22-17)15-4-3-9-21-20(15)27-2/h3-9H,10-12H2,1-2H3,(H,22,23). The number of aromatic nitrogens is 3. The fourth-order valence-electron chi connectivity index (χ4n) is 3.32. The van der Waals surface area contributed by atoms with Crippen LogP contribution in [0.5, 0.6) is 11.6 Å². The Balaban J connectivity index is 1.58. The molecule has 0 unspecified atom stereocenters. The van der Waals surface area contributed by atoms with Crippen LogP contribution in [0.1, 0.15) is 16.8 Å². The molecule has 4 rings (SSSR count). The monoisotopic (exact) mass is 364 g/mol. The van der Waals surface area contributed by atoms with E-state index in [2.05, 4.69) is 15.2 Å². The van der Waals surface area contributed by atoms with Crippen LogP contribution >= 0.6 is 0 Å². The minimum absolute atomic E-state index is 0.0730. The van der Waals surface area contributed by atoms with E-state index in [1.807, 2.05) is 41.3 Å². The van der Waals surface area contributed by atoms with Gasteiger partial charge in [0.05, 0.1) is 38.4 Å². The second kappa shape index (κ2) is 7.11. The van der Waals surface area contributed by atoms with E-state index < -0.39 is 0 Å². The Kier molecular flexibility index (Phi) is 4.50. The van der Waals surface area contributed by atoms with E-state index in [1.54, 1.807) is 20.4 Å². The lowest BCUT2D eigenvalue weighted by Gasteiger charge is -2.27.